The van der Waals surface area contributed by atoms with Crippen LogP contribution in [-0.2, 0) is 4.79 Å². The highest BCUT2D eigenvalue weighted by molar-refractivity contribution is 6.32. The van der Waals surface area contributed by atoms with Crippen LogP contribution in [0.25, 0.3) is 6.08 Å². The van der Waals surface area contributed by atoms with Crippen molar-refractivity contribution < 1.29 is 14.7 Å². The van der Waals surface area contributed by atoms with Crippen LogP contribution in [0.5, 0.6) is 0 Å². The highest BCUT2D eigenvalue weighted by Crippen LogP contribution is 2.15. The van der Waals surface area contributed by atoms with Crippen LogP contribution < -0.4 is 10.6 Å². The van der Waals surface area contributed by atoms with Crippen molar-refractivity contribution in [3.05, 3.63) is 41.1 Å². The Morgan fingerprint density at radius 2 is 2.06 bits per heavy atom. The molecule has 0 saturated carbocycles. The van der Waals surface area contributed by atoms with Gasteiger partial charge < -0.3 is 15.7 Å². The highest BCUT2D eigenvalue weighted by atomic mass is 35.5. The molecule has 0 aromatic heterocycles. The number of nitrogens with one attached hydrogen (secondary N) is 2. The summed E-state index contributed by atoms with van der Waals surface area (Å²) in [6, 6.07) is 6.74. The molecule has 0 atom stereocenters. The van der Waals surface area contributed by atoms with Crippen molar-refractivity contribution >= 4 is 29.7 Å². The van der Waals surface area contributed by atoms with Crippen molar-refractivity contribution in [2.24, 2.45) is 0 Å². The third-order valence-electron chi connectivity index (χ3n) is 2.01. The minimum Gasteiger partial charge on any atom is -0.481 e. The second kappa shape index (κ2) is 7.34. The number of rotatable bonds is 5. The Labute approximate surface area is 109 Å². The summed E-state index contributed by atoms with van der Waals surface area (Å²) in [6.07, 6.45) is 2.98. The van der Waals surface area contributed by atoms with Crippen LogP contribution >= 0.6 is 11.6 Å². The van der Waals surface area contributed by atoms with Crippen LogP contribution in [0.2, 0.25) is 5.02 Å². The minimum atomic E-state index is -0.957. The number of carbonyl (C=O) groups excluding carboxylic acids is 1. The average Bonchev–Trinajstić information content (AvgIpc) is 2.31. The number of carbonyl (C=O) groups is 2. The zero-order valence-electron chi connectivity index (χ0n) is 9.52. The molecular formula is C12H13ClN2O3. The fourth-order valence-electron chi connectivity index (χ4n) is 1.15. The fraction of sp³-hybridized carbons (Fsp3) is 0.167. The van der Waals surface area contributed by atoms with E-state index in [0.717, 1.165) is 5.56 Å². The quantitative estimate of drug-likeness (QED) is 0.765. The van der Waals surface area contributed by atoms with Crippen LogP contribution in [-0.4, -0.2) is 23.7 Å². The van der Waals surface area contributed by atoms with Crippen LogP contribution in [0.4, 0.5) is 4.79 Å². The molecule has 1 aromatic carbocycles. The second-order valence-corrected chi connectivity index (χ2v) is 3.81. The van der Waals surface area contributed by atoms with E-state index in [-0.39, 0.29) is 13.0 Å². The summed E-state index contributed by atoms with van der Waals surface area (Å²) in [5, 5.41) is 13.8. The summed E-state index contributed by atoms with van der Waals surface area (Å²) in [7, 11) is 0. The number of hydrogen-bond acceptors (Lipinski definition) is 2. The van der Waals surface area contributed by atoms with Gasteiger partial charge in [0.25, 0.3) is 0 Å². The van der Waals surface area contributed by atoms with Gasteiger partial charge in [0.15, 0.2) is 0 Å². The SMILES string of the molecule is O=C(O)CCNC(=O)N/C=C/c1ccccc1Cl. The number of carboxylic acids is 1. The van der Waals surface area contributed by atoms with Gasteiger partial charge in [-0.15, -0.1) is 0 Å². The van der Waals surface area contributed by atoms with Crippen LogP contribution in [0.1, 0.15) is 12.0 Å². The first-order chi connectivity index (χ1) is 8.59. The monoisotopic (exact) mass is 268 g/mol. The number of carboxylic acid groups (broad SMARTS) is 1. The van der Waals surface area contributed by atoms with Crippen LogP contribution in [0, 0.1) is 0 Å². The van der Waals surface area contributed by atoms with E-state index < -0.39 is 12.0 Å². The maximum Gasteiger partial charge on any atom is 0.318 e. The molecule has 0 aliphatic heterocycles. The normalized spacial score (nSPS) is 10.3. The first-order valence-corrected chi connectivity index (χ1v) is 5.64. The Balaban J connectivity index is 2.34. The molecule has 0 bridgehead atoms. The van der Waals surface area contributed by atoms with Gasteiger partial charge in [0.05, 0.1) is 6.42 Å². The third kappa shape index (κ3) is 5.36. The molecule has 0 aliphatic rings. The molecule has 0 unspecified atom stereocenters. The second-order valence-electron chi connectivity index (χ2n) is 3.40. The van der Waals surface area contributed by atoms with Gasteiger partial charge in [0, 0.05) is 17.8 Å². The molecule has 96 valence electrons. The lowest BCUT2D eigenvalue weighted by atomic mass is 10.2. The van der Waals surface area contributed by atoms with E-state index in [9.17, 15) is 9.59 Å². The summed E-state index contributed by atoms with van der Waals surface area (Å²) in [5.74, 6) is -0.957. The summed E-state index contributed by atoms with van der Waals surface area (Å²) >= 11 is 5.91. The van der Waals surface area contributed by atoms with Gasteiger partial charge in [0.1, 0.15) is 0 Å². The number of amides is 2. The molecule has 0 fully saturated rings. The van der Waals surface area contributed by atoms with E-state index in [1.165, 1.54) is 6.20 Å². The first kappa shape index (κ1) is 14.1. The standard InChI is InChI=1S/C12H13ClN2O3/c13-10-4-2-1-3-9(10)5-7-14-12(18)15-8-6-11(16)17/h1-5,7H,6,8H2,(H,16,17)(H2,14,15,18)/b7-5+. The van der Waals surface area contributed by atoms with Crippen molar-refractivity contribution in [3.8, 4) is 0 Å². The van der Waals surface area contributed by atoms with Crippen LogP contribution in [0.3, 0.4) is 0 Å². The Morgan fingerprint density at radius 3 is 2.72 bits per heavy atom. The van der Waals surface area contributed by atoms with Crippen molar-refractivity contribution in [2.45, 2.75) is 6.42 Å². The van der Waals surface area contributed by atoms with E-state index >= 15 is 0 Å². The summed E-state index contributed by atoms with van der Waals surface area (Å²) in [6.45, 7) is 0.0844. The van der Waals surface area contributed by atoms with Crippen molar-refractivity contribution in [2.75, 3.05) is 6.54 Å². The van der Waals surface area contributed by atoms with Gasteiger partial charge in [-0.3, -0.25) is 4.79 Å². The lowest BCUT2D eigenvalue weighted by Crippen LogP contribution is -2.33. The zero-order valence-corrected chi connectivity index (χ0v) is 10.3. The fourth-order valence-corrected chi connectivity index (χ4v) is 1.35. The van der Waals surface area contributed by atoms with Crippen molar-refractivity contribution in [1.82, 2.24) is 10.6 Å². The number of hydrogen-bond donors (Lipinski definition) is 3. The molecule has 6 heteroatoms. The summed E-state index contributed by atoms with van der Waals surface area (Å²) in [4.78, 5) is 21.4. The van der Waals surface area contributed by atoms with Crippen LogP contribution in [0.15, 0.2) is 30.5 Å². The first-order valence-electron chi connectivity index (χ1n) is 5.27. The van der Waals surface area contributed by atoms with E-state index in [4.69, 9.17) is 16.7 Å². The Bertz CT molecular complexity index is 460. The minimum absolute atomic E-state index is 0.0844. The summed E-state index contributed by atoms with van der Waals surface area (Å²) < 4.78 is 0. The van der Waals surface area contributed by atoms with Gasteiger partial charge in [-0.2, -0.15) is 0 Å². The smallest absolute Gasteiger partial charge is 0.318 e. The molecule has 5 nitrogen and oxygen atoms in total. The topological polar surface area (TPSA) is 78.4 Å². The van der Waals surface area contributed by atoms with E-state index in [1.807, 2.05) is 18.2 Å². The Hall–Kier alpha value is -2.01. The molecule has 0 aliphatic carbocycles. The molecule has 0 spiro atoms. The maximum atomic E-state index is 11.2. The number of urea groups is 1. The molecule has 0 radical (unpaired) electrons. The van der Waals surface area contributed by atoms with Gasteiger partial charge in [-0.1, -0.05) is 29.8 Å². The van der Waals surface area contributed by atoms with E-state index in [2.05, 4.69) is 10.6 Å². The number of benzene rings is 1. The predicted molar refractivity (Wildman–Crippen MR) is 69.3 cm³/mol. The lowest BCUT2D eigenvalue weighted by molar-refractivity contribution is -0.136. The third-order valence-corrected chi connectivity index (χ3v) is 2.35. The van der Waals surface area contributed by atoms with E-state index in [0.29, 0.717) is 5.02 Å². The molecule has 1 aromatic rings. The number of halogens is 1. The van der Waals surface area contributed by atoms with Gasteiger partial charge in [0.2, 0.25) is 0 Å². The van der Waals surface area contributed by atoms with Gasteiger partial charge in [-0.05, 0) is 17.7 Å². The summed E-state index contributed by atoms with van der Waals surface area (Å²) in [5.41, 5.74) is 0.782. The van der Waals surface area contributed by atoms with Crippen molar-refractivity contribution in [3.63, 3.8) is 0 Å². The highest BCUT2D eigenvalue weighted by Gasteiger charge is 1.99. The lowest BCUT2D eigenvalue weighted by Gasteiger charge is -2.02. The predicted octanol–water partition coefficient (Wildman–Crippen LogP) is 2.08. The molecule has 0 saturated heterocycles. The van der Waals surface area contributed by atoms with Crippen molar-refractivity contribution in [1.29, 1.82) is 0 Å². The molecule has 2 amide bonds. The molecule has 3 N–H and O–H groups in total. The molecule has 18 heavy (non-hydrogen) atoms. The Morgan fingerprint density at radius 1 is 1.33 bits per heavy atom. The molecule has 0 heterocycles. The zero-order chi connectivity index (χ0) is 13.4. The Kier molecular flexibility index (Phi) is 5.73. The largest absolute Gasteiger partial charge is 0.481 e. The van der Waals surface area contributed by atoms with E-state index in [1.54, 1.807) is 12.1 Å². The molecule has 1 rings (SSSR count). The maximum absolute atomic E-state index is 11.2. The molecular weight excluding hydrogens is 256 g/mol. The van der Waals surface area contributed by atoms with Gasteiger partial charge >= 0.3 is 12.0 Å². The average molecular weight is 269 g/mol. The number of aliphatic carboxylic acids is 1. The van der Waals surface area contributed by atoms with Gasteiger partial charge in [-0.25, -0.2) is 4.79 Å².